The van der Waals surface area contributed by atoms with E-state index in [1.54, 1.807) is 6.92 Å². The van der Waals surface area contributed by atoms with Crippen molar-refractivity contribution in [3.8, 4) is 0 Å². The number of carboxylic acid groups (broad SMARTS) is 1. The van der Waals surface area contributed by atoms with Gasteiger partial charge in [-0.3, -0.25) is 4.79 Å². The van der Waals surface area contributed by atoms with Gasteiger partial charge in [0.15, 0.2) is 0 Å². The van der Waals surface area contributed by atoms with E-state index in [1.807, 2.05) is 0 Å². The molecular formula is C12H22O2. The molecule has 0 saturated heterocycles. The predicted molar refractivity (Wildman–Crippen MR) is 59.3 cm³/mol. The van der Waals surface area contributed by atoms with Gasteiger partial charge in [-0.2, -0.15) is 0 Å². The number of hydrogen-bond acceptors (Lipinski definition) is 1. The maximum absolute atomic E-state index is 10.8. The van der Waals surface area contributed by atoms with Crippen molar-refractivity contribution in [2.75, 3.05) is 0 Å². The van der Waals surface area contributed by atoms with Crippen LogP contribution in [0.4, 0.5) is 0 Å². The van der Waals surface area contributed by atoms with Gasteiger partial charge in [0.05, 0.1) is 5.92 Å². The van der Waals surface area contributed by atoms with Crippen molar-refractivity contribution in [3.05, 3.63) is 12.2 Å². The van der Waals surface area contributed by atoms with Crippen LogP contribution in [0.2, 0.25) is 0 Å². The van der Waals surface area contributed by atoms with Crippen LogP contribution in [0.3, 0.4) is 0 Å². The summed E-state index contributed by atoms with van der Waals surface area (Å²) in [6, 6.07) is 0. The average molecular weight is 198 g/mol. The van der Waals surface area contributed by atoms with E-state index in [-0.39, 0.29) is 5.92 Å². The van der Waals surface area contributed by atoms with Crippen LogP contribution < -0.4 is 0 Å². The lowest BCUT2D eigenvalue weighted by Crippen LogP contribution is -2.14. The molecule has 0 bridgehead atoms. The molecular weight excluding hydrogens is 176 g/mol. The lowest BCUT2D eigenvalue weighted by Gasteiger charge is -2.11. The van der Waals surface area contributed by atoms with Crippen molar-refractivity contribution in [1.82, 2.24) is 0 Å². The van der Waals surface area contributed by atoms with Crippen molar-refractivity contribution in [1.29, 1.82) is 0 Å². The minimum atomic E-state index is -0.729. The maximum Gasteiger partial charge on any atom is 0.310 e. The summed E-state index contributed by atoms with van der Waals surface area (Å²) < 4.78 is 0. The SMILES string of the molecule is C=C(C)C(CCCCCCC)C(=O)O. The van der Waals surface area contributed by atoms with E-state index in [0.29, 0.717) is 0 Å². The van der Waals surface area contributed by atoms with E-state index in [9.17, 15) is 4.79 Å². The van der Waals surface area contributed by atoms with Gasteiger partial charge in [-0.15, -0.1) is 0 Å². The molecule has 2 heteroatoms. The number of carboxylic acids is 1. The Kier molecular flexibility index (Phi) is 7.17. The van der Waals surface area contributed by atoms with Gasteiger partial charge in [0, 0.05) is 0 Å². The third-order valence-electron chi connectivity index (χ3n) is 2.49. The Bertz CT molecular complexity index is 171. The van der Waals surface area contributed by atoms with Gasteiger partial charge in [0.2, 0.25) is 0 Å². The third-order valence-corrected chi connectivity index (χ3v) is 2.49. The number of carbonyl (C=O) groups is 1. The normalized spacial score (nSPS) is 12.4. The molecule has 0 aliphatic heterocycles. The zero-order chi connectivity index (χ0) is 11.0. The summed E-state index contributed by atoms with van der Waals surface area (Å²) in [5.74, 6) is -1.07. The average Bonchev–Trinajstić information content (AvgIpc) is 2.09. The molecule has 0 saturated carbocycles. The fourth-order valence-electron chi connectivity index (χ4n) is 1.53. The van der Waals surface area contributed by atoms with Gasteiger partial charge in [0.1, 0.15) is 0 Å². The number of aliphatic carboxylic acids is 1. The highest BCUT2D eigenvalue weighted by molar-refractivity contribution is 5.73. The molecule has 0 rings (SSSR count). The zero-order valence-corrected chi connectivity index (χ0v) is 9.38. The highest BCUT2D eigenvalue weighted by Gasteiger charge is 2.16. The van der Waals surface area contributed by atoms with Crippen molar-refractivity contribution in [2.24, 2.45) is 5.92 Å². The van der Waals surface area contributed by atoms with E-state index in [4.69, 9.17) is 5.11 Å². The van der Waals surface area contributed by atoms with Crippen molar-refractivity contribution in [2.45, 2.75) is 52.4 Å². The molecule has 0 heterocycles. The Labute approximate surface area is 87.0 Å². The molecule has 82 valence electrons. The second kappa shape index (κ2) is 7.60. The Balaban J connectivity index is 3.62. The van der Waals surface area contributed by atoms with Crippen molar-refractivity contribution in [3.63, 3.8) is 0 Å². The lowest BCUT2D eigenvalue weighted by molar-refractivity contribution is -0.140. The fourth-order valence-corrected chi connectivity index (χ4v) is 1.53. The molecule has 0 aliphatic carbocycles. The Morgan fingerprint density at radius 3 is 2.29 bits per heavy atom. The van der Waals surface area contributed by atoms with Crippen LogP contribution in [0.15, 0.2) is 12.2 Å². The summed E-state index contributed by atoms with van der Waals surface area (Å²) in [7, 11) is 0. The summed E-state index contributed by atoms with van der Waals surface area (Å²) in [5, 5.41) is 8.89. The first-order chi connectivity index (χ1) is 6.59. The highest BCUT2D eigenvalue weighted by Crippen LogP contribution is 2.17. The summed E-state index contributed by atoms with van der Waals surface area (Å²) in [6.07, 6.45) is 6.59. The van der Waals surface area contributed by atoms with Gasteiger partial charge in [-0.25, -0.2) is 0 Å². The van der Waals surface area contributed by atoms with E-state index in [1.165, 1.54) is 19.3 Å². The molecule has 0 spiro atoms. The van der Waals surface area contributed by atoms with Crippen molar-refractivity contribution < 1.29 is 9.90 Å². The van der Waals surface area contributed by atoms with E-state index in [2.05, 4.69) is 13.5 Å². The molecule has 0 amide bonds. The van der Waals surface area contributed by atoms with E-state index >= 15 is 0 Å². The standard InChI is InChI=1S/C12H22O2/c1-4-5-6-7-8-9-11(10(2)3)12(13)14/h11H,2,4-9H2,1,3H3,(H,13,14). The molecule has 1 N–H and O–H groups in total. The molecule has 0 aromatic heterocycles. The third kappa shape index (κ3) is 5.79. The first kappa shape index (κ1) is 13.2. The molecule has 2 nitrogen and oxygen atoms in total. The van der Waals surface area contributed by atoms with Gasteiger partial charge in [-0.1, -0.05) is 51.2 Å². The molecule has 14 heavy (non-hydrogen) atoms. The van der Waals surface area contributed by atoms with Crippen LogP contribution in [0, 0.1) is 5.92 Å². The van der Waals surface area contributed by atoms with Crippen LogP contribution >= 0.6 is 0 Å². The summed E-state index contributed by atoms with van der Waals surface area (Å²) >= 11 is 0. The van der Waals surface area contributed by atoms with Crippen LogP contribution in [0.5, 0.6) is 0 Å². The topological polar surface area (TPSA) is 37.3 Å². The molecule has 1 unspecified atom stereocenters. The second-order valence-corrected chi connectivity index (χ2v) is 3.94. The maximum atomic E-state index is 10.8. The lowest BCUT2D eigenvalue weighted by atomic mass is 9.95. The predicted octanol–water partition coefficient (Wildman–Crippen LogP) is 3.62. The van der Waals surface area contributed by atoms with Gasteiger partial charge >= 0.3 is 5.97 Å². The largest absolute Gasteiger partial charge is 0.481 e. The first-order valence-electron chi connectivity index (χ1n) is 5.47. The number of hydrogen-bond donors (Lipinski definition) is 1. The Morgan fingerprint density at radius 1 is 1.29 bits per heavy atom. The summed E-state index contributed by atoms with van der Waals surface area (Å²) in [4.78, 5) is 10.8. The Hall–Kier alpha value is -0.790. The van der Waals surface area contributed by atoms with Crippen molar-refractivity contribution >= 4 is 5.97 Å². The van der Waals surface area contributed by atoms with Gasteiger partial charge in [-0.05, 0) is 13.3 Å². The second-order valence-electron chi connectivity index (χ2n) is 3.94. The Morgan fingerprint density at radius 2 is 1.86 bits per heavy atom. The van der Waals surface area contributed by atoms with Gasteiger partial charge < -0.3 is 5.11 Å². The first-order valence-corrected chi connectivity index (χ1v) is 5.47. The molecule has 1 atom stereocenters. The molecule has 0 radical (unpaired) electrons. The van der Waals surface area contributed by atoms with Crippen LogP contribution in [-0.4, -0.2) is 11.1 Å². The summed E-state index contributed by atoms with van der Waals surface area (Å²) in [5.41, 5.74) is 0.771. The molecule has 0 aromatic rings. The zero-order valence-electron chi connectivity index (χ0n) is 9.38. The minimum absolute atomic E-state index is 0.336. The minimum Gasteiger partial charge on any atom is -0.481 e. The van der Waals surface area contributed by atoms with Crippen LogP contribution in [0.25, 0.3) is 0 Å². The van der Waals surface area contributed by atoms with Gasteiger partial charge in [0.25, 0.3) is 0 Å². The van der Waals surface area contributed by atoms with E-state index in [0.717, 1.165) is 24.8 Å². The smallest absolute Gasteiger partial charge is 0.310 e. The molecule has 0 aliphatic rings. The monoisotopic (exact) mass is 198 g/mol. The van der Waals surface area contributed by atoms with Crippen LogP contribution in [0.1, 0.15) is 52.4 Å². The molecule has 0 fully saturated rings. The summed E-state index contributed by atoms with van der Waals surface area (Å²) in [6.45, 7) is 7.68. The quantitative estimate of drug-likeness (QED) is 0.477. The fraction of sp³-hybridized carbons (Fsp3) is 0.750. The molecule has 0 aromatic carbocycles. The van der Waals surface area contributed by atoms with Crippen LogP contribution in [-0.2, 0) is 4.79 Å². The van der Waals surface area contributed by atoms with E-state index < -0.39 is 5.97 Å². The number of unbranched alkanes of at least 4 members (excludes halogenated alkanes) is 4. The highest BCUT2D eigenvalue weighted by atomic mass is 16.4. The number of rotatable bonds is 8.